The van der Waals surface area contributed by atoms with Crippen molar-refractivity contribution in [1.29, 1.82) is 0 Å². The summed E-state index contributed by atoms with van der Waals surface area (Å²) in [6, 6.07) is 0. The van der Waals surface area contributed by atoms with E-state index in [1.807, 2.05) is 6.92 Å². The minimum Gasteiger partial charge on any atom is -0.106 e. The first-order valence-corrected chi connectivity index (χ1v) is 3.12. The molecule has 45 valence electrons. The molecule has 0 saturated carbocycles. The summed E-state index contributed by atoms with van der Waals surface area (Å²) in [6.07, 6.45) is 2.22. The molecule has 0 spiro atoms. The molecule has 0 N–H and O–H groups in total. The van der Waals surface area contributed by atoms with Gasteiger partial charge in [0.1, 0.15) is 0 Å². The lowest BCUT2D eigenvalue weighted by atomic mass is 10.1. The minimum atomic E-state index is 1.11. The summed E-state index contributed by atoms with van der Waals surface area (Å²) in [4.78, 5) is 0. The van der Waals surface area contributed by atoms with Gasteiger partial charge >= 0.3 is 0 Å². The van der Waals surface area contributed by atoms with Crippen molar-refractivity contribution < 1.29 is 0 Å². The van der Waals surface area contributed by atoms with Crippen molar-refractivity contribution in [3.8, 4) is 11.8 Å². The minimum absolute atomic E-state index is 1.11. The van der Waals surface area contributed by atoms with E-state index in [-0.39, 0.29) is 0 Å². The van der Waals surface area contributed by atoms with E-state index in [1.54, 1.807) is 0 Å². The Morgan fingerprint density at radius 3 is 1.88 bits per heavy atom. The van der Waals surface area contributed by atoms with Gasteiger partial charge in [-0.1, -0.05) is 19.8 Å². The molecule has 0 aromatic heterocycles. The second-order valence-electron chi connectivity index (χ2n) is 1.69. The lowest BCUT2D eigenvalue weighted by molar-refractivity contribution is 0.888. The molecule has 8 heavy (non-hydrogen) atoms. The van der Waals surface area contributed by atoms with Crippen LogP contribution in [0, 0.1) is 17.8 Å². The third-order valence-electron chi connectivity index (χ3n) is 1.16. The van der Waals surface area contributed by atoms with Crippen LogP contribution >= 0.6 is 0 Å². The van der Waals surface area contributed by atoms with Gasteiger partial charge in [0, 0.05) is 5.92 Å². The molecule has 1 radical (unpaired) electrons. The molecule has 0 aliphatic rings. The largest absolute Gasteiger partial charge is 0.106 e. The van der Waals surface area contributed by atoms with Gasteiger partial charge in [0.15, 0.2) is 0 Å². The van der Waals surface area contributed by atoms with Gasteiger partial charge in [-0.3, -0.25) is 0 Å². The van der Waals surface area contributed by atoms with Crippen LogP contribution in [0.25, 0.3) is 0 Å². The van der Waals surface area contributed by atoms with Gasteiger partial charge in [-0.05, 0) is 19.8 Å². The first-order chi connectivity index (χ1) is 3.85. The predicted octanol–water partition coefficient (Wildman–Crippen LogP) is 2.40. The molecule has 0 aromatic carbocycles. The van der Waals surface area contributed by atoms with E-state index in [1.165, 1.54) is 5.92 Å². The maximum absolute atomic E-state index is 3.05. The van der Waals surface area contributed by atoms with E-state index >= 15 is 0 Å². The van der Waals surface area contributed by atoms with Crippen molar-refractivity contribution in [3.63, 3.8) is 0 Å². The van der Waals surface area contributed by atoms with Crippen LogP contribution < -0.4 is 0 Å². The third kappa shape index (κ3) is 2.69. The van der Waals surface area contributed by atoms with Crippen molar-refractivity contribution >= 4 is 0 Å². The highest BCUT2D eigenvalue weighted by atomic mass is 14.0. The summed E-state index contributed by atoms with van der Waals surface area (Å²) in [5.41, 5.74) is 0. The zero-order valence-electron chi connectivity index (χ0n) is 5.91. The van der Waals surface area contributed by atoms with Crippen molar-refractivity contribution in [1.82, 2.24) is 0 Å². The monoisotopic (exact) mass is 109 g/mol. The summed E-state index contributed by atoms with van der Waals surface area (Å²) < 4.78 is 0. The number of hydrogen-bond donors (Lipinski definition) is 0. The highest BCUT2D eigenvalue weighted by Gasteiger charge is 1.95. The van der Waals surface area contributed by atoms with Crippen LogP contribution in [0.5, 0.6) is 0 Å². The number of hydrogen-bond acceptors (Lipinski definition) is 0. The summed E-state index contributed by atoms with van der Waals surface area (Å²) in [7, 11) is 0. The maximum atomic E-state index is 3.05. The third-order valence-corrected chi connectivity index (χ3v) is 1.16. The molecule has 0 unspecified atom stereocenters. The Morgan fingerprint density at radius 1 is 1.25 bits per heavy atom. The Labute approximate surface area is 52.3 Å². The molecule has 0 atom stereocenters. The highest BCUT2D eigenvalue weighted by molar-refractivity contribution is 5.19. The molecule has 0 bridgehead atoms. The van der Waals surface area contributed by atoms with E-state index in [0.717, 1.165) is 12.8 Å². The zero-order chi connectivity index (χ0) is 6.41. The molecule has 0 heterocycles. The SMILES string of the molecule is CC#C[C](CC)CC. The standard InChI is InChI=1S/C8H13/c1-4-7-8(5-2)6-3/h5-6H2,1-3H3. The van der Waals surface area contributed by atoms with E-state index in [9.17, 15) is 0 Å². The Hall–Kier alpha value is -0.440. The molecule has 0 aliphatic carbocycles. The fraction of sp³-hybridized carbons (Fsp3) is 0.625. The quantitative estimate of drug-likeness (QED) is 0.478. The molecule has 0 rings (SSSR count). The average Bonchev–Trinajstić information content (AvgIpc) is 1.83. The Balaban J connectivity index is 3.47. The molecule has 0 heteroatoms. The Bertz CT molecular complexity index is 88.3. The Morgan fingerprint density at radius 2 is 1.75 bits per heavy atom. The fourth-order valence-corrected chi connectivity index (χ4v) is 0.604. The van der Waals surface area contributed by atoms with Crippen LogP contribution in [0.2, 0.25) is 0 Å². The predicted molar refractivity (Wildman–Crippen MR) is 37.3 cm³/mol. The highest BCUT2D eigenvalue weighted by Crippen LogP contribution is 2.06. The van der Waals surface area contributed by atoms with Crippen molar-refractivity contribution in [3.05, 3.63) is 5.92 Å². The molecule has 0 aliphatic heterocycles. The van der Waals surface area contributed by atoms with Crippen molar-refractivity contribution in [2.24, 2.45) is 0 Å². The van der Waals surface area contributed by atoms with Gasteiger partial charge in [-0.2, -0.15) is 0 Å². The average molecular weight is 109 g/mol. The van der Waals surface area contributed by atoms with Crippen LogP contribution in [0.15, 0.2) is 0 Å². The molecule has 0 nitrogen and oxygen atoms in total. The molecule has 0 amide bonds. The van der Waals surface area contributed by atoms with E-state index in [4.69, 9.17) is 0 Å². The van der Waals surface area contributed by atoms with Crippen LogP contribution in [-0.2, 0) is 0 Å². The van der Waals surface area contributed by atoms with E-state index < -0.39 is 0 Å². The zero-order valence-corrected chi connectivity index (χ0v) is 5.91. The van der Waals surface area contributed by atoms with Crippen molar-refractivity contribution in [2.45, 2.75) is 33.6 Å². The van der Waals surface area contributed by atoms with Gasteiger partial charge in [-0.15, -0.1) is 5.92 Å². The molecule has 0 aromatic rings. The molecular formula is C8H13. The Kier molecular flexibility index (Phi) is 4.45. The van der Waals surface area contributed by atoms with Gasteiger partial charge in [-0.25, -0.2) is 0 Å². The van der Waals surface area contributed by atoms with Gasteiger partial charge in [0.25, 0.3) is 0 Å². The summed E-state index contributed by atoms with van der Waals surface area (Å²) >= 11 is 0. The first kappa shape index (κ1) is 7.56. The van der Waals surface area contributed by atoms with E-state index in [2.05, 4.69) is 25.7 Å². The van der Waals surface area contributed by atoms with E-state index in [0.29, 0.717) is 0 Å². The fourth-order valence-electron chi connectivity index (χ4n) is 0.604. The lowest BCUT2D eigenvalue weighted by Gasteiger charge is -1.98. The van der Waals surface area contributed by atoms with Crippen molar-refractivity contribution in [2.75, 3.05) is 0 Å². The smallest absolute Gasteiger partial charge is 0.0474 e. The maximum Gasteiger partial charge on any atom is 0.0474 e. The summed E-state index contributed by atoms with van der Waals surface area (Å²) in [6.45, 7) is 6.16. The van der Waals surface area contributed by atoms with Crippen LogP contribution in [0.3, 0.4) is 0 Å². The summed E-state index contributed by atoms with van der Waals surface area (Å²) in [5.74, 6) is 7.29. The lowest BCUT2D eigenvalue weighted by Crippen LogP contribution is -1.86. The summed E-state index contributed by atoms with van der Waals surface area (Å²) in [5, 5.41) is 0. The second kappa shape index (κ2) is 4.71. The van der Waals surface area contributed by atoms with Gasteiger partial charge in [0.2, 0.25) is 0 Å². The van der Waals surface area contributed by atoms with Gasteiger partial charge in [0.05, 0.1) is 0 Å². The second-order valence-corrected chi connectivity index (χ2v) is 1.69. The number of rotatable bonds is 2. The van der Waals surface area contributed by atoms with Crippen LogP contribution in [0.1, 0.15) is 33.6 Å². The van der Waals surface area contributed by atoms with Gasteiger partial charge < -0.3 is 0 Å². The molecule has 0 saturated heterocycles. The topological polar surface area (TPSA) is 0 Å². The first-order valence-electron chi connectivity index (χ1n) is 3.12. The van der Waals surface area contributed by atoms with Crippen LogP contribution in [-0.4, -0.2) is 0 Å². The molecule has 0 fully saturated rings. The molecular weight excluding hydrogens is 96.1 g/mol. The van der Waals surface area contributed by atoms with Crippen LogP contribution in [0.4, 0.5) is 0 Å². The normalized spacial score (nSPS) is 8.50.